The van der Waals surface area contributed by atoms with Crippen molar-refractivity contribution in [3.05, 3.63) is 30.1 Å². The fourth-order valence-electron chi connectivity index (χ4n) is 0.930. The lowest BCUT2D eigenvalue weighted by atomic mass is 10.2. The highest BCUT2D eigenvalue weighted by atomic mass is 16.5. The zero-order valence-corrected chi connectivity index (χ0v) is 7.69. The zero-order valence-electron chi connectivity index (χ0n) is 7.69. The van der Waals surface area contributed by atoms with E-state index in [1.165, 1.54) is 0 Å². The van der Waals surface area contributed by atoms with E-state index in [9.17, 15) is 4.79 Å². The van der Waals surface area contributed by atoms with Crippen LogP contribution in [0, 0.1) is 0 Å². The number of ketones is 1. The topological polar surface area (TPSA) is 39.2 Å². The normalized spacial score (nSPS) is 9.92. The first-order valence-corrected chi connectivity index (χ1v) is 4.35. The van der Waals surface area contributed by atoms with Crippen LogP contribution in [0.2, 0.25) is 0 Å². The molecule has 0 bridgehead atoms. The van der Waals surface area contributed by atoms with Crippen molar-refractivity contribution >= 4 is 5.78 Å². The second kappa shape index (κ2) is 5.43. The molecule has 0 aliphatic rings. The molecule has 0 aliphatic heterocycles. The number of pyridine rings is 1. The molecule has 0 unspecified atom stereocenters. The molecule has 0 aromatic carbocycles. The van der Waals surface area contributed by atoms with Gasteiger partial charge >= 0.3 is 0 Å². The third kappa shape index (κ3) is 3.34. The summed E-state index contributed by atoms with van der Waals surface area (Å²) in [6.07, 6.45) is 4.14. The fourth-order valence-corrected chi connectivity index (χ4v) is 0.930. The average molecular weight is 179 g/mol. The highest BCUT2D eigenvalue weighted by Gasteiger charge is 2.03. The van der Waals surface area contributed by atoms with E-state index in [4.69, 9.17) is 4.74 Å². The van der Waals surface area contributed by atoms with E-state index in [-0.39, 0.29) is 12.4 Å². The van der Waals surface area contributed by atoms with Crippen molar-refractivity contribution in [2.45, 2.75) is 13.3 Å². The zero-order chi connectivity index (χ0) is 9.52. The van der Waals surface area contributed by atoms with Gasteiger partial charge in [0, 0.05) is 24.6 Å². The summed E-state index contributed by atoms with van der Waals surface area (Å²) >= 11 is 0. The van der Waals surface area contributed by atoms with E-state index in [1.807, 2.05) is 6.92 Å². The second-order valence-corrected chi connectivity index (χ2v) is 2.71. The third-order valence-electron chi connectivity index (χ3n) is 1.58. The van der Waals surface area contributed by atoms with E-state index < -0.39 is 0 Å². The molecule has 0 aliphatic carbocycles. The van der Waals surface area contributed by atoms with Crippen LogP contribution in [0.5, 0.6) is 0 Å². The van der Waals surface area contributed by atoms with Gasteiger partial charge in [-0.1, -0.05) is 6.92 Å². The molecule has 0 fully saturated rings. The molecule has 0 amide bonds. The van der Waals surface area contributed by atoms with Gasteiger partial charge in [0.15, 0.2) is 5.78 Å². The molecule has 0 atom stereocenters. The second-order valence-electron chi connectivity index (χ2n) is 2.71. The molecule has 1 aromatic heterocycles. The molecule has 0 saturated heterocycles. The molecule has 1 rings (SSSR count). The van der Waals surface area contributed by atoms with Gasteiger partial charge in [0.2, 0.25) is 0 Å². The van der Waals surface area contributed by atoms with Crippen molar-refractivity contribution in [3.8, 4) is 0 Å². The van der Waals surface area contributed by atoms with E-state index >= 15 is 0 Å². The molecule has 0 saturated carbocycles. The monoisotopic (exact) mass is 179 g/mol. The van der Waals surface area contributed by atoms with Crippen LogP contribution >= 0.6 is 0 Å². The molecule has 0 spiro atoms. The van der Waals surface area contributed by atoms with Gasteiger partial charge < -0.3 is 4.74 Å². The highest BCUT2D eigenvalue weighted by molar-refractivity contribution is 5.96. The van der Waals surface area contributed by atoms with Crippen molar-refractivity contribution in [1.82, 2.24) is 4.98 Å². The fraction of sp³-hybridized carbons (Fsp3) is 0.400. The third-order valence-corrected chi connectivity index (χ3v) is 1.58. The summed E-state index contributed by atoms with van der Waals surface area (Å²) in [5, 5.41) is 0. The Kier molecular flexibility index (Phi) is 4.12. The van der Waals surface area contributed by atoms with Crippen molar-refractivity contribution in [2.24, 2.45) is 0 Å². The first-order valence-electron chi connectivity index (χ1n) is 4.35. The number of Topliss-reactive ketones (excluding diaryl/α,β-unsaturated/α-hetero) is 1. The Labute approximate surface area is 77.8 Å². The van der Waals surface area contributed by atoms with Crippen LogP contribution in [0.15, 0.2) is 24.5 Å². The van der Waals surface area contributed by atoms with Crippen LogP contribution in [0.1, 0.15) is 23.7 Å². The summed E-state index contributed by atoms with van der Waals surface area (Å²) in [6, 6.07) is 3.38. The standard InChI is InChI=1S/C10H13NO2/c1-2-7-13-8-10(12)9-3-5-11-6-4-9/h3-6H,2,7-8H2,1H3. The Morgan fingerprint density at radius 3 is 2.77 bits per heavy atom. The number of nitrogens with zero attached hydrogens (tertiary/aromatic N) is 1. The first-order chi connectivity index (χ1) is 6.34. The Morgan fingerprint density at radius 2 is 2.15 bits per heavy atom. The summed E-state index contributed by atoms with van der Waals surface area (Å²) in [6.45, 7) is 2.81. The molecule has 13 heavy (non-hydrogen) atoms. The minimum atomic E-state index is 0.0100. The first kappa shape index (κ1) is 9.86. The quantitative estimate of drug-likeness (QED) is 0.510. The number of ether oxygens (including phenoxy) is 1. The summed E-state index contributed by atoms with van der Waals surface area (Å²) < 4.78 is 5.13. The van der Waals surface area contributed by atoms with Gasteiger partial charge in [0.25, 0.3) is 0 Å². The number of hydrogen-bond acceptors (Lipinski definition) is 3. The van der Waals surface area contributed by atoms with Crippen LogP contribution in [-0.2, 0) is 4.74 Å². The molecule has 0 radical (unpaired) electrons. The van der Waals surface area contributed by atoms with Gasteiger partial charge in [-0.2, -0.15) is 0 Å². The Morgan fingerprint density at radius 1 is 1.46 bits per heavy atom. The van der Waals surface area contributed by atoms with Crippen LogP contribution in [0.3, 0.4) is 0 Å². The predicted molar refractivity (Wildman–Crippen MR) is 49.7 cm³/mol. The summed E-state index contributed by atoms with van der Waals surface area (Å²) in [4.78, 5) is 15.2. The maximum atomic E-state index is 11.4. The van der Waals surface area contributed by atoms with Gasteiger partial charge in [0.05, 0.1) is 0 Å². The van der Waals surface area contributed by atoms with E-state index in [1.54, 1.807) is 24.5 Å². The summed E-state index contributed by atoms with van der Waals surface area (Å²) in [7, 11) is 0. The summed E-state index contributed by atoms with van der Waals surface area (Å²) in [5.74, 6) is 0.0100. The minimum Gasteiger partial charge on any atom is -0.373 e. The van der Waals surface area contributed by atoms with Crippen LogP contribution in [0.25, 0.3) is 0 Å². The van der Waals surface area contributed by atoms with Gasteiger partial charge in [-0.25, -0.2) is 0 Å². The van der Waals surface area contributed by atoms with Crippen LogP contribution < -0.4 is 0 Å². The summed E-state index contributed by atoms with van der Waals surface area (Å²) in [5.41, 5.74) is 0.658. The predicted octanol–water partition coefficient (Wildman–Crippen LogP) is 1.69. The number of rotatable bonds is 5. The molecule has 1 aromatic rings. The van der Waals surface area contributed by atoms with Crippen LogP contribution in [0.4, 0.5) is 0 Å². The van der Waals surface area contributed by atoms with Crippen molar-refractivity contribution in [2.75, 3.05) is 13.2 Å². The minimum absolute atomic E-state index is 0.0100. The van der Waals surface area contributed by atoms with Gasteiger partial charge in [-0.05, 0) is 18.6 Å². The van der Waals surface area contributed by atoms with Crippen molar-refractivity contribution in [1.29, 1.82) is 0 Å². The molecular formula is C10H13NO2. The SMILES string of the molecule is CCCOCC(=O)c1ccncc1. The Hall–Kier alpha value is -1.22. The van der Waals surface area contributed by atoms with Crippen molar-refractivity contribution < 1.29 is 9.53 Å². The van der Waals surface area contributed by atoms with Gasteiger partial charge in [-0.15, -0.1) is 0 Å². The maximum Gasteiger partial charge on any atom is 0.188 e. The maximum absolute atomic E-state index is 11.4. The smallest absolute Gasteiger partial charge is 0.188 e. The molecule has 3 heteroatoms. The Bertz CT molecular complexity index is 259. The van der Waals surface area contributed by atoms with E-state index in [0.29, 0.717) is 12.2 Å². The number of hydrogen-bond donors (Lipinski definition) is 0. The lowest BCUT2D eigenvalue weighted by Gasteiger charge is -2.00. The molecular weight excluding hydrogens is 166 g/mol. The molecule has 0 N–H and O–H groups in total. The highest BCUT2D eigenvalue weighted by Crippen LogP contribution is 1.98. The number of aromatic nitrogens is 1. The molecule has 3 nitrogen and oxygen atoms in total. The van der Waals surface area contributed by atoms with Gasteiger partial charge in [-0.3, -0.25) is 9.78 Å². The Balaban J connectivity index is 2.40. The average Bonchev–Trinajstić information content (AvgIpc) is 2.19. The molecule has 1 heterocycles. The number of carbonyl (C=O) groups is 1. The largest absolute Gasteiger partial charge is 0.373 e. The lowest BCUT2D eigenvalue weighted by Crippen LogP contribution is -2.09. The molecule has 70 valence electrons. The van der Waals surface area contributed by atoms with E-state index in [0.717, 1.165) is 6.42 Å². The number of carbonyl (C=O) groups excluding carboxylic acids is 1. The van der Waals surface area contributed by atoms with Gasteiger partial charge in [0.1, 0.15) is 6.61 Å². The van der Waals surface area contributed by atoms with E-state index in [2.05, 4.69) is 4.98 Å². The van der Waals surface area contributed by atoms with Crippen LogP contribution in [-0.4, -0.2) is 24.0 Å². The van der Waals surface area contributed by atoms with Crippen molar-refractivity contribution in [3.63, 3.8) is 0 Å². The lowest BCUT2D eigenvalue weighted by molar-refractivity contribution is 0.0761.